The number of hydrogen-bond acceptors (Lipinski definition) is 2. The van der Waals surface area contributed by atoms with Crippen LogP contribution in [-0.2, 0) is 16.4 Å². The van der Waals surface area contributed by atoms with Gasteiger partial charge in [0, 0.05) is 11.9 Å². The molecule has 0 heterocycles. The van der Waals surface area contributed by atoms with Crippen LogP contribution in [-0.4, -0.2) is 20.3 Å². The van der Waals surface area contributed by atoms with Gasteiger partial charge in [-0.2, -0.15) is 0 Å². The Kier molecular flexibility index (Phi) is 6.52. The topological polar surface area (TPSA) is 46.2 Å². The predicted molar refractivity (Wildman–Crippen MR) is 87.3 cm³/mol. The lowest BCUT2D eigenvalue weighted by atomic mass is 10.1. The maximum atomic E-state index is 12.4. The van der Waals surface area contributed by atoms with Crippen LogP contribution < -0.4 is 4.72 Å². The van der Waals surface area contributed by atoms with Crippen molar-refractivity contribution in [1.82, 2.24) is 4.72 Å². The summed E-state index contributed by atoms with van der Waals surface area (Å²) in [5.41, 5.74) is 1.13. The van der Waals surface area contributed by atoms with E-state index in [1.807, 2.05) is 12.1 Å². The quantitative estimate of drug-likeness (QED) is 0.636. The molecule has 1 fully saturated rings. The summed E-state index contributed by atoms with van der Waals surface area (Å²) in [7, 11) is -3.39. The summed E-state index contributed by atoms with van der Waals surface area (Å²) in [5, 5.41) is 0. The zero-order valence-electron chi connectivity index (χ0n) is 12.4. The molecule has 118 valence electrons. The molecule has 1 aromatic rings. The number of aryl methyl sites for hydroxylation is 1. The molecule has 0 atom stereocenters. The van der Waals surface area contributed by atoms with Gasteiger partial charge in [-0.1, -0.05) is 37.8 Å². The van der Waals surface area contributed by atoms with E-state index in [-0.39, 0.29) is 6.04 Å². The first kappa shape index (κ1) is 16.8. The molecule has 0 saturated heterocycles. The zero-order chi connectivity index (χ0) is 15.1. The molecule has 1 aromatic carbocycles. The number of hydrogen-bond donors (Lipinski definition) is 1. The van der Waals surface area contributed by atoms with Crippen molar-refractivity contribution in [2.45, 2.75) is 62.3 Å². The number of halogens is 1. The van der Waals surface area contributed by atoms with Crippen molar-refractivity contribution in [3.05, 3.63) is 29.8 Å². The van der Waals surface area contributed by atoms with E-state index in [0.29, 0.717) is 10.8 Å². The first-order valence-corrected chi connectivity index (χ1v) is 9.81. The summed E-state index contributed by atoms with van der Waals surface area (Å²) in [6.07, 6.45) is 8.37. The minimum Gasteiger partial charge on any atom is -0.208 e. The molecule has 0 aromatic heterocycles. The van der Waals surface area contributed by atoms with Crippen LogP contribution in [0.5, 0.6) is 0 Å². The molecule has 0 spiro atoms. The Bertz CT molecular complexity index is 520. The van der Waals surface area contributed by atoms with Crippen LogP contribution in [0.1, 0.15) is 50.5 Å². The molecular weight excluding hydrogens is 306 g/mol. The number of sulfonamides is 1. The molecule has 21 heavy (non-hydrogen) atoms. The van der Waals surface area contributed by atoms with Crippen molar-refractivity contribution < 1.29 is 8.42 Å². The van der Waals surface area contributed by atoms with E-state index in [2.05, 4.69) is 4.72 Å². The lowest BCUT2D eigenvalue weighted by molar-refractivity contribution is 0.510. The van der Waals surface area contributed by atoms with Gasteiger partial charge in [0.2, 0.25) is 10.0 Å². The first-order chi connectivity index (χ1) is 10.1. The summed E-state index contributed by atoms with van der Waals surface area (Å²) in [6, 6.07) is 7.25. The Balaban J connectivity index is 2.01. The Morgan fingerprint density at radius 1 is 1.05 bits per heavy atom. The van der Waals surface area contributed by atoms with Crippen LogP contribution in [0.4, 0.5) is 0 Å². The molecule has 0 aliphatic heterocycles. The highest BCUT2D eigenvalue weighted by molar-refractivity contribution is 7.89. The number of rotatable bonds is 6. The van der Waals surface area contributed by atoms with Gasteiger partial charge in [0.15, 0.2) is 0 Å². The Morgan fingerprint density at radius 2 is 1.67 bits per heavy atom. The van der Waals surface area contributed by atoms with Crippen molar-refractivity contribution in [2.75, 3.05) is 5.88 Å². The molecule has 0 bridgehead atoms. The van der Waals surface area contributed by atoms with Crippen molar-refractivity contribution in [2.24, 2.45) is 0 Å². The molecule has 3 nitrogen and oxygen atoms in total. The van der Waals surface area contributed by atoms with Gasteiger partial charge in [0.05, 0.1) is 4.90 Å². The van der Waals surface area contributed by atoms with E-state index in [9.17, 15) is 8.42 Å². The minimum atomic E-state index is -3.39. The van der Waals surface area contributed by atoms with Gasteiger partial charge in [-0.15, -0.1) is 11.6 Å². The van der Waals surface area contributed by atoms with Gasteiger partial charge < -0.3 is 0 Å². The summed E-state index contributed by atoms with van der Waals surface area (Å²) >= 11 is 5.67. The fraction of sp³-hybridized carbons (Fsp3) is 0.625. The molecule has 5 heteroatoms. The molecule has 1 aliphatic rings. The lowest BCUT2D eigenvalue weighted by Gasteiger charge is -2.16. The summed E-state index contributed by atoms with van der Waals surface area (Å²) < 4.78 is 27.7. The fourth-order valence-corrected chi connectivity index (χ4v) is 4.23. The van der Waals surface area contributed by atoms with Gasteiger partial charge in [0.1, 0.15) is 0 Å². The highest BCUT2D eigenvalue weighted by atomic mass is 35.5. The highest BCUT2D eigenvalue weighted by Gasteiger charge is 2.20. The van der Waals surface area contributed by atoms with Gasteiger partial charge in [-0.05, 0) is 43.4 Å². The van der Waals surface area contributed by atoms with E-state index >= 15 is 0 Å². The van der Waals surface area contributed by atoms with Gasteiger partial charge in [-0.25, -0.2) is 13.1 Å². The smallest absolute Gasteiger partial charge is 0.208 e. The Labute approximate surface area is 133 Å². The molecular formula is C16H24ClNO2S. The molecule has 1 aliphatic carbocycles. The Hall–Kier alpha value is -0.580. The van der Waals surface area contributed by atoms with Crippen molar-refractivity contribution in [3.63, 3.8) is 0 Å². The largest absolute Gasteiger partial charge is 0.240 e. The molecule has 1 saturated carbocycles. The minimum absolute atomic E-state index is 0.0911. The summed E-state index contributed by atoms with van der Waals surface area (Å²) in [5.74, 6) is 0.628. The normalized spacial score (nSPS) is 17.6. The van der Waals surface area contributed by atoms with E-state index in [1.54, 1.807) is 12.1 Å². The second kappa shape index (κ2) is 8.16. The molecule has 0 unspecified atom stereocenters. The number of alkyl halides is 1. The standard InChI is InChI=1S/C16H24ClNO2S/c17-13-5-6-14-9-11-16(12-10-14)21(19,20)18-15-7-3-1-2-4-8-15/h9-12,15,18H,1-8,13H2. The average Bonchev–Trinajstić information content (AvgIpc) is 2.73. The zero-order valence-corrected chi connectivity index (χ0v) is 13.9. The van der Waals surface area contributed by atoms with Crippen LogP contribution >= 0.6 is 11.6 Å². The number of benzene rings is 1. The van der Waals surface area contributed by atoms with Crippen molar-refractivity contribution >= 4 is 21.6 Å². The van der Waals surface area contributed by atoms with Crippen LogP contribution in [0.25, 0.3) is 0 Å². The maximum absolute atomic E-state index is 12.4. The van der Waals surface area contributed by atoms with Crippen LogP contribution in [0.3, 0.4) is 0 Å². The van der Waals surface area contributed by atoms with E-state index in [4.69, 9.17) is 11.6 Å². The van der Waals surface area contributed by atoms with Crippen molar-refractivity contribution in [3.8, 4) is 0 Å². The molecule has 1 N–H and O–H groups in total. The van der Waals surface area contributed by atoms with E-state index < -0.39 is 10.0 Å². The second-order valence-electron chi connectivity index (χ2n) is 5.75. The SMILES string of the molecule is O=S(=O)(NC1CCCCCC1)c1ccc(CCCCl)cc1. The summed E-state index contributed by atoms with van der Waals surface area (Å²) in [4.78, 5) is 0.362. The third-order valence-electron chi connectivity index (χ3n) is 4.01. The monoisotopic (exact) mass is 329 g/mol. The van der Waals surface area contributed by atoms with Crippen LogP contribution in [0.2, 0.25) is 0 Å². The summed E-state index contributed by atoms with van der Waals surface area (Å²) in [6.45, 7) is 0. The van der Waals surface area contributed by atoms with E-state index in [0.717, 1.165) is 44.1 Å². The Morgan fingerprint density at radius 3 is 2.24 bits per heavy atom. The third-order valence-corrected chi connectivity index (χ3v) is 5.81. The number of nitrogens with one attached hydrogen (secondary N) is 1. The average molecular weight is 330 g/mol. The van der Waals surface area contributed by atoms with Gasteiger partial charge >= 0.3 is 0 Å². The molecule has 0 radical (unpaired) electrons. The maximum Gasteiger partial charge on any atom is 0.240 e. The van der Waals surface area contributed by atoms with Crippen LogP contribution in [0.15, 0.2) is 29.2 Å². The van der Waals surface area contributed by atoms with Crippen molar-refractivity contribution in [1.29, 1.82) is 0 Å². The lowest BCUT2D eigenvalue weighted by Crippen LogP contribution is -2.34. The molecule has 0 amide bonds. The van der Waals surface area contributed by atoms with E-state index in [1.165, 1.54) is 12.8 Å². The fourth-order valence-electron chi connectivity index (χ4n) is 2.79. The van der Waals surface area contributed by atoms with Crippen LogP contribution in [0, 0.1) is 0 Å². The predicted octanol–water partition coefficient (Wildman–Crippen LogP) is 3.86. The van der Waals surface area contributed by atoms with Gasteiger partial charge in [0.25, 0.3) is 0 Å². The van der Waals surface area contributed by atoms with Gasteiger partial charge in [-0.3, -0.25) is 0 Å². The second-order valence-corrected chi connectivity index (χ2v) is 7.84. The third kappa shape index (κ3) is 5.28. The first-order valence-electron chi connectivity index (χ1n) is 7.79. The highest BCUT2D eigenvalue weighted by Crippen LogP contribution is 2.20. The molecule has 2 rings (SSSR count).